The van der Waals surface area contributed by atoms with Crippen LogP contribution in [0.15, 0.2) is 54.6 Å². The third-order valence-corrected chi connectivity index (χ3v) is 5.90. The molecule has 0 aliphatic carbocycles. The van der Waals surface area contributed by atoms with Crippen LogP contribution in [0.5, 0.6) is 5.75 Å². The lowest BCUT2D eigenvalue weighted by Crippen LogP contribution is -2.45. The molecule has 3 aromatic rings. The van der Waals surface area contributed by atoms with Gasteiger partial charge in [-0.1, -0.05) is 24.3 Å². The fraction of sp³-hybridized carbons (Fsp3) is 0.292. The predicted molar refractivity (Wildman–Crippen MR) is 115 cm³/mol. The molecule has 1 unspecified atom stereocenters. The Labute approximate surface area is 174 Å². The Morgan fingerprint density at radius 3 is 2.90 bits per heavy atom. The molecule has 1 fully saturated rings. The summed E-state index contributed by atoms with van der Waals surface area (Å²) in [6.07, 6.45) is 4.06. The van der Waals surface area contributed by atoms with E-state index in [4.69, 9.17) is 4.74 Å². The zero-order valence-corrected chi connectivity index (χ0v) is 16.6. The van der Waals surface area contributed by atoms with E-state index in [1.807, 2.05) is 35.2 Å². The third-order valence-electron chi connectivity index (χ3n) is 5.90. The molecule has 3 heterocycles. The predicted octanol–water partition coefficient (Wildman–Crippen LogP) is 4.26. The van der Waals surface area contributed by atoms with Gasteiger partial charge in [-0.15, -0.1) is 0 Å². The number of ether oxygens (including phenoxy) is 1. The van der Waals surface area contributed by atoms with E-state index in [0.29, 0.717) is 29.3 Å². The van der Waals surface area contributed by atoms with Gasteiger partial charge in [-0.05, 0) is 49.6 Å². The van der Waals surface area contributed by atoms with Crippen molar-refractivity contribution in [2.45, 2.75) is 31.7 Å². The van der Waals surface area contributed by atoms with Crippen molar-refractivity contribution in [1.29, 1.82) is 0 Å². The highest BCUT2D eigenvalue weighted by molar-refractivity contribution is 6.05. The molecule has 2 amide bonds. The molecule has 1 saturated heterocycles. The maximum Gasteiger partial charge on any atom is 0.274 e. The molecule has 1 atom stereocenters. The van der Waals surface area contributed by atoms with Crippen molar-refractivity contribution >= 4 is 28.4 Å². The molecule has 1 aromatic heterocycles. The number of carbonyl (C=O) groups excluding carboxylic acids is 2. The number of carbonyl (C=O) groups is 2. The van der Waals surface area contributed by atoms with Gasteiger partial charge in [0.25, 0.3) is 11.8 Å². The minimum Gasteiger partial charge on any atom is -0.493 e. The number of nitrogens with zero attached hydrogens (tertiary/aromatic N) is 2. The Bertz CT molecular complexity index is 1130. The van der Waals surface area contributed by atoms with Gasteiger partial charge in [0.15, 0.2) is 0 Å². The van der Waals surface area contributed by atoms with Crippen LogP contribution in [0.4, 0.5) is 5.69 Å². The number of aromatic nitrogens is 1. The third kappa shape index (κ3) is 3.49. The van der Waals surface area contributed by atoms with E-state index in [-0.39, 0.29) is 17.9 Å². The molecule has 0 bridgehead atoms. The fourth-order valence-corrected chi connectivity index (χ4v) is 4.32. The van der Waals surface area contributed by atoms with Gasteiger partial charge >= 0.3 is 0 Å². The van der Waals surface area contributed by atoms with Crippen LogP contribution in [0, 0.1) is 0 Å². The minimum absolute atomic E-state index is 0.0191. The standard InChI is InChI=1S/C24H23N3O3/c28-23(21-10-8-16-5-1-2-7-20(16)26-21)25-17-9-11-22-19(15-17)24(29)27-13-4-3-6-18(27)12-14-30-22/h1-2,5,7-11,15,18H,3-4,6,12-14H2,(H,25,28). The van der Waals surface area contributed by atoms with E-state index in [1.54, 1.807) is 24.3 Å². The summed E-state index contributed by atoms with van der Waals surface area (Å²) in [5, 5.41) is 3.85. The molecule has 2 aromatic carbocycles. The second kappa shape index (κ2) is 7.78. The number of nitrogens with one attached hydrogen (secondary N) is 1. The van der Waals surface area contributed by atoms with E-state index in [2.05, 4.69) is 10.3 Å². The summed E-state index contributed by atoms with van der Waals surface area (Å²) in [7, 11) is 0. The number of hydrogen-bond acceptors (Lipinski definition) is 4. The Hall–Kier alpha value is -3.41. The number of fused-ring (bicyclic) bond motifs is 3. The Balaban J connectivity index is 1.41. The van der Waals surface area contributed by atoms with Gasteiger partial charge in [0, 0.05) is 30.1 Å². The Morgan fingerprint density at radius 2 is 1.97 bits per heavy atom. The summed E-state index contributed by atoms with van der Waals surface area (Å²) in [6.45, 7) is 1.37. The zero-order chi connectivity index (χ0) is 20.5. The van der Waals surface area contributed by atoms with Crippen molar-refractivity contribution in [3.05, 3.63) is 65.9 Å². The molecule has 2 aliphatic rings. The Morgan fingerprint density at radius 1 is 1.07 bits per heavy atom. The lowest BCUT2D eigenvalue weighted by atomic mass is 9.97. The number of hydrogen-bond donors (Lipinski definition) is 1. The number of pyridine rings is 1. The zero-order valence-electron chi connectivity index (χ0n) is 16.6. The molecular weight excluding hydrogens is 378 g/mol. The second-order valence-electron chi connectivity index (χ2n) is 7.84. The van der Waals surface area contributed by atoms with Crippen molar-refractivity contribution in [3.63, 3.8) is 0 Å². The van der Waals surface area contributed by atoms with Crippen molar-refractivity contribution < 1.29 is 14.3 Å². The van der Waals surface area contributed by atoms with Crippen LogP contribution in [0.2, 0.25) is 0 Å². The number of para-hydroxylation sites is 1. The molecule has 6 heteroatoms. The summed E-state index contributed by atoms with van der Waals surface area (Å²) < 4.78 is 5.87. The van der Waals surface area contributed by atoms with Crippen molar-refractivity contribution in [2.75, 3.05) is 18.5 Å². The van der Waals surface area contributed by atoms with Crippen LogP contribution in [0.25, 0.3) is 10.9 Å². The quantitative estimate of drug-likeness (QED) is 0.696. The van der Waals surface area contributed by atoms with Crippen LogP contribution in [-0.2, 0) is 0 Å². The maximum absolute atomic E-state index is 13.2. The molecule has 0 spiro atoms. The molecule has 5 rings (SSSR count). The van der Waals surface area contributed by atoms with E-state index in [9.17, 15) is 9.59 Å². The van der Waals surface area contributed by atoms with Gasteiger partial charge in [-0.3, -0.25) is 9.59 Å². The first kappa shape index (κ1) is 18.6. The number of piperidine rings is 1. The molecule has 1 N–H and O–H groups in total. The minimum atomic E-state index is -0.309. The highest BCUT2D eigenvalue weighted by Gasteiger charge is 2.31. The van der Waals surface area contributed by atoms with Gasteiger partial charge in [0.05, 0.1) is 17.7 Å². The first-order valence-electron chi connectivity index (χ1n) is 10.4. The molecule has 6 nitrogen and oxygen atoms in total. The molecule has 30 heavy (non-hydrogen) atoms. The molecule has 0 saturated carbocycles. The smallest absolute Gasteiger partial charge is 0.274 e. The van der Waals surface area contributed by atoms with Gasteiger partial charge in [0.2, 0.25) is 0 Å². The van der Waals surface area contributed by atoms with Gasteiger partial charge in [0.1, 0.15) is 11.4 Å². The second-order valence-corrected chi connectivity index (χ2v) is 7.84. The highest BCUT2D eigenvalue weighted by Crippen LogP contribution is 2.31. The number of benzene rings is 2. The van der Waals surface area contributed by atoms with Crippen LogP contribution >= 0.6 is 0 Å². The van der Waals surface area contributed by atoms with Gasteiger partial charge < -0.3 is 15.0 Å². The lowest BCUT2D eigenvalue weighted by molar-refractivity contribution is 0.0548. The average Bonchev–Trinajstić information content (AvgIpc) is 2.78. The number of anilines is 1. The van der Waals surface area contributed by atoms with Gasteiger partial charge in [-0.25, -0.2) is 4.98 Å². The SMILES string of the molecule is O=C(Nc1ccc2c(c1)C(=O)N1CCCCC1CCO2)c1ccc2ccccc2n1. The summed E-state index contributed by atoms with van der Waals surface area (Å²) in [4.78, 5) is 32.4. The maximum atomic E-state index is 13.2. The number of amides is 2. The van der Waals surface area contributed by atoms with Crippen LogP contribution in [0.3, 0.4) is 0 Å². The summed E-state index contributed by atoms with van der Waals surface area (Å²) in [6, 6.07) is 16.7. The number of rotatable bonds is 2. The van der Waals surface area contributed by atoms with E-state index in [1.165, 1.54) is 0 Å². The summed E-state index contributed by atoms with van der Waals surface area (Å²) in [5.74, 6) is 0.246. The summed E-state index contributed by atoms with van der Waals surface area (Å²) in [5.41, 5.74) is 2.16. The molecule has 0 radical (unpaired) electrons. The largest absolute Gasteiger partial charge is 0.493 e. The van der Waals surface area contributed by atoms with Crippen LogP contribution < -0.4 is 10.1 Å². The monoisotopic (exact) mass is 401 g/mol. The van der Waals surface area contributed by atoms with E-state index in [0.717, 1.165) is 43.1 Å². The Kier molecular flexibility index (Phi) is 4.83. The van der Waals surface area contributed by atoms with Crippen LogP contribution in [-0.4, -0.2) is 40.9 Å². The topological polar surface area (TPSA) is 71.5 Å². The fourth-order valence-electron chi connectivity index (χ4n) is 4.32. The van der Waals surface area contributed by atoms with Gasteiger partial charge in [-0.2, -0.15) is 0 Å². The molecule has 152 valence electrons. The van der Waals surface area contributed by atoms with E-state index < -0.39 is 0 Å². The first-order chi connectivity index (χ1) is 14.7. The van der Waals surface area contributed by atoms with Crippen LogP contribution in [0.1, 0.15) is 46.5 Å². The molecular formula is C24H23N3O3. The first-order valence-corrected chi connectivity index (χ1v) is 10.4. The normalized spacial score (nSPS) is 18.6. The van der Waals surface area contributed by atoms with Crippen molar-refractivity contribution in [1.82, 2.24) is 9.88 Å². The van der Waals surface area contributed by atoms with E-state index >= 15 is 0 Å². The summed E-state index contributed by atoms with van der Waals surface area (Å²) >= 11 is 0. The highest BCUT2D eigenvalue weighted by atomic mass is 16.5. The van der Waals surface area contributed by atoms with Crippen molar-refractivity contribution in [3.8, 4) is 5.75 Å². The lowest BCUT2D eigenvalue weighted by Gasteiger charge is -2.37. The molecule has 2 aliphatic heterocycles. The van der Waals surface area contributed by atoms with Crippen molar-refractivity contribution in [2.24, 2.45) is 0 Å². The average molecular weight is 401 g/mol.